The summed E-state index contributed by atoms with van der Waals surface area (Å²) in [4.78, 5) is 41.1. The van der Waals surface area contributed by atoms with Gasteiger partial charge >= 0.3 is 0 Å². The van der Waals surface area contributed by atoms with E-state index < -0.39 is 17.9 Å². The van der Waals surface area contributed by atoms with Crippen molar-refractivity contribution in [2.24, 2.45) is 0 Å². The molecule has 1 saturated carbocycles. The molecule has 1 heterocycles. The number of nitrogens with zero attached hydrogens (tertiary/aromatic N) is 1. The fourth-order valence-electron chi connectivity index (χ4n) is 5.02. The maximum atomic E-state index is 13.5. The van der Waals surface area contributed by atoms with Gasteiger partial charge in [-0.25, -0.2) is 0 Å². The van der Waals surface area contributed by atoms with Crippen LogP contribution in [0.25, 0.3) is 10.8 Å². The van der Waals surface area contributed by atoms with E-state index in [1.165, 1.54) is 11.3 Å². The highest BCUT2D eigenvalue weighted by Gasteiger charge is 2.43. The van der Waals surface area contributed by atoms with Gasteiger partial charge in [0.2, 0.25) is 5.91 Å². The third-order valence-corrected chi connectivity index (χ3v) is 6.68. The number of hydrogen-bond acceptors (Lipinski definition) is 3. The summed E-state index contributed by atoms with van der Waals surface area (Å²) in [5.41, 5.74) is 1.68. The number of carbonyl (C=O) groups excluding carboxylic acids is 3. The highest BCUT2D eigenvalue weighted by Crippen LogP contribution is 2.28. The molecule has 5 heteroatoms. The fourth-order valence-corrected chi connectivity index (χ4v) is 5.02. The molecule has 3 amide bonds. The minimum absolute atomic E-state index is 0.0986. The minimum atomic E-state index is -0.893. The van der Waals surface area contributed by atoms with E-state index in [1.807, 2.05) is 42.5 Å². The van der Waals surface area contributed by atoms with Crippen molar-refractivity contribution in [3.8, 4) is 0 Å². The number of fused-ring (bicyclic) bond motifs is 2. The molecule has 0 aromatic heterocycles. The Morgan fingerprint density at radius 2 is 1.47 bits per heavy atom. The van der Waals surface area contributed by atoms with E-state index in [9.17, 15) is 14.4 Å². The second kappa shape index (κ2) is 8.58. The topological polar surface area (TPSA) is 66.5 Å². The zero-order valence-electron chi connectivity index (χ0n) is 17.9. The first-order chi connectivity index (χ1) is 15.6. The van der Waals surface area contributed by atoms with E-state index in [4.69, 9.17) is 0 Å². The molecule has 3 aromatic carbocycles. The Morgan fingerprint density at radius 3 is 2.19 bits per heavy atom. The monoisotopic (exact) mass is 426 g/mol. The Morgan fingerprint density at radius 1 is 0.844 bits per heavy atom. The lowest BCUT2D eigenvalue weighted by molar-refractivity contribution is -0.125. The number of imide groups is 1. The lowest BCUT2D eigenvalue weighted by atomic mass is 9.94. The Balaban J connectivity index is 1.51. The molecular weight excluding hydrogens is 400 g/mol. The van der Waals surface area contributed by atoms with E-state index >= 15 is 0 Å². The van der Waals surface area contributed by atoms with E-state index in [0.717, 1.165) is 42.0 Å². The Hall–Kier alpha value is -3.47. The maximum Gasteiger partial charge on any atom is 0.262 e. The predicted molar refractivity (Wildman–Crippen MR) is 123 cm³/mol. The molecule has 1 N–H and O–H groups in total. The van der Waals surface area contributed by atoms with Crippen LogP contribution in [-0.4, -0.2) is 34.7 Å². The van der Waals surface area contributed by atoms with Gasteiger partial charge in [0, 0.05) is 12.5 Å². The van der Waals surface area contributed by atoms with Gasteiger partial charge in [-0.2, -0.15) is 0 Å². The van der Waals surface area contributed by atoms with Crippen molar-refractivity contribution in [2.75, 3.05) is 0 Å². The second-order valence-electron chi connectivity index (χ2n) is 8.73. The van der Waals surface area contributed by atoms with Crippen LogP contribution in [0.5, 0.6) is 0 Å². The van der Waals surface area contributed by atoms with Gasteiger partial charge in [-0.3, -0.25) is 19.3 Å². The summed E-state index contributed by atoms with van der Waals surface area (Å²) in [6.45, 7) is 0. The number of carbonyl (C=O) groups is 3. The average Bonchev–Trinajstić information content (AvgIpc) is 3.08. The lowest BCUT2D eigenvalue weighted by Gasteiger charge is -2.29. The Bertz CT molecular complexity index is 1160. The van der Waals surface area contributed by atoms with Crippen LogP contribution in [-0.2, 0) is 11.2 Å². The van der Waals surface area contributed by atoms with Gasteiger partial charge in [-0.1, -0.05) is 73.9 Å². The summed E-state index contributed by atoms with van der Waals surface area (Å²) < 4.78 is 0. The number of amides is 3. The maximum absolute atomic E-state index is 13.5. The van der Waals surface area contributed by atoms with Crippen LogP contribution >= 0.6 is 0 Å². The molecule has 0 bridgehead atoms. The van der Waals surface area contributed by atoms with Crippen LogP contribution in [0.15, 0.2) is 66.7 Å². The molecule has 5 nitrogen and oxygen atoms in total. The average molecular weight is 427 g/mol. The summed E-state index contributed by atoms with van der Waals surface area (Å²) in [5, 5.41) is 5.25. The smallest absolute Gasteiger partial charge is 0.262 e. The number of nitrogens with one attached hydrogen (secondary N) is 1. The first-order valence-corrected chi connectivity index (χ1v) is 11.4. The van der Waals surface area contributed by atoms with Gasteiger partial charge in [0.1, 0.15) is 6.04 Å². The SMILES string of the molecule is O=C(NC1CCCCC1)C(Cc1cccc2ccccc12)N1C(=O)c2ccccc2C1=O. The summed E-state index contributed by atoms with van der Waals surface area (Å²) in [5.74, 6) is -1.04. The standard InChI is InChI=1S/C27H26N2O3/c30-25(28-20-12-2-1-3-13-20)24(17-19-11-8-10-18-9-4-5-14-21(18)19)29-26(31)22-15-6-7-16-23(22)27(29)32/h4-11,14-16,20,24H,1-3,12-13,17H2,(H,28,30). The highest BCUT2D eigenvalue weighted by atomic mass is 16.2. The first-order valence-electron chi connectivity index (χ1n) is 11.4. The zero-order valence-corrected chi connectivity index (χ0v) is 17.9. The number of rotatable bonds is 5. The van der Waals surface area contributed by atoms with E-state index in [0.29, 0.717) is 11.1 Å². The minimum Gasteiger partial charge on any atom is -0.352 e. The molecule has 1 unspecified atom stereocenters. The van der Waals surface area contributed by atoms with Crippen LogP contribution in [0.1, 0.15) is 58.4 Å². The van der Waals surface area contributed by atoms with Gasteiger partial charge in [0.05, 0.1) is 11.1 Å². The zero-order chi connectivity index (χ0) is 22.1. The number of benzene rings is 3. The normalized spacial score (nSPS) is 17.4. The van der Waals surface area contributed by atoms with Crippen molar-refractivity contribution in [1.29, 1.82) is 0 Å². The predicted octanol–water partition coefficient (Wildman–Crippen LogP) is 4.50. The molecule has 0 spiro atoms. The van der Waals surface area contributed by atoms with Crippen molar-refractivity contribution < 1.29 is 14.4 Å². The van der Waals surface area contributed by atoms with Crippen LogP contribution in [0.4, 0.5) is 0 Å². The molecule has 5 rings (SSSR count). The Labute approximate surface area is 187 Å². The van der Waals surface area contributed by atoms with Gasteiger partial charge in [-0.05, 0) is 41.3 Å². The third kappa shape index (κ3) is 3.68. The van der Waals surface area contributed by atoms with Crippen molar-refractivity contribution in [3.05, 3.63) is 83.4 Å². The van der Waals surface area contributed by atoms with Crippen LogP contribution in [0.3, 0.4) is 0 Å². The van der Waals surface area contributed by atoms with Gasteiger partial charge in [0.25, 0.3) is 11.8 Å². The van der Waals surface area contributed by atoms with Gasteiger partial charge < -0.3 is 5.32 Å². The van der Waals surface area contributed by atoms with Crippen molar-refractivity contribution in [2.45, 2.75) is 50.6 Å². The molecule has 3 aromatic rings. The molecule has 1 atom stereocenters. The van der Waals surface area contributed by atoms with Crippen molar-refractivity contribution in [3.63, 3.8) is 0 Å². The first kappa shape index (κ1) is 20.4. The van der Waals surface area contributed by atoms with Crippen molar-refractivity contribution >= 4 is 28.5 Å². The summed E-state index contributed by atoms with van der Waals surface area (Å²) >= 11 is 0. The van der Waals surface area contributed by atoms with Gasteiger partial charge in [0.15, 0.2) is 0 Å². The second-order valence-corrected chi connectivity index (χ2v) is 8.73. The van der Waals surface area contributed by atoms with E-state index in [1.54, 1.807) is 24.3 Å². The molecule has 162 valence electrons. The number of hydrogen-bond donors (Lipinski definition) is 1. The lowest BCUT2D eigenvalue weighted by Crippen LogP contribution is -2.53. The van der Waals surface area contributed by atoms with Crippen LogP contribution < -0.4 is 5.32 Å². The largest absolute Gasteiger partial charge is 0.352 e. The molecule has 2 aliphatic rings. The summed E-state index contributed by atoms with van der Waals surface area (Å²) in [6, 6.07) is 19.9. The molecule has 32 heavy (non-hydrogen) atoms. The molecule has 0 radical (unpaired) electrons. The highest BCUT2D eigenvalue weighted by molar-refractivity contribution is 6.22. The summed E-state index contributed by atoms with van der Waals surface area (Å²) in [6.07, 6.45) is 5.52. The molecular formula is C27H26N2O3. The molecule has 1 aliphatic heterocycles. The van der Waals surface area contributed by atoms with Crippen LogP contribution in [0.2, 0.25) is 0 Å². The summed E-state index contributed by atoms with van der Waals surface area (Å²) in [7, 11) is 0. The molecule has 1 fully saturated rings. The molecule has 0 saturated heterocycles. The fraction of sp³-hybridized carbons (Fsp3) is 0.296. The van der Waals surface area contributed by atoms with Crippen molar-refractivity contribution in [1.82, 2.24) is 10.2 Å². The van der Waals surface area contributed by atoms with E-state index in [-0.39, 0.29) is 18.4 Å². The Kier molecular flexibility index (Phi) is 5.48. The van der Waals surface area contributed by atoms with Crippen LogP contribution in [0, 0.1) is 0 Å². The third-order valence-electron chi connectivity index (χ3n) is 6.68. The van der Waals surface area contributed by atoms with Gasteiger partial charge in [-0.15, -0.1) is 0 Å². The molecule has 1 aliphatic carbocycles. The van der Waals surface area contributed by atoms with E-state index in [2.05, 4.69) is 5.32 Å². The quantitative estimate of drug-likeness (QED) is 0.611.